The van der Waals surface area contributed by atoms with E-state index in [1.807, 2.05) is 6.20 Å². The second-order valence-corrected chi connectivity index (χ2v) is 6.98. The van der Waals surface area contributed by atoms with Gasteiger partial charge in [0.05, 0.1) is 6.04 Å². The molecule has 0 aromatic carbocycles. The van der Waals surface area contributed by atoms with E-state index in [-0.39, 0.29) is 5.54 Å². The van der Waals surface area contributed by atoms with Gasteiger partial charge in [-0.25, -0.2) is 4.98 Å². The lowest BCUT2D eigenvalue weighted by Gasteiger charge is -2.50. The molecule has 1 aromatic heterocycles. The molecule has 3 atom stereocenters. The Morgan fingerprint density at radius 3 is 2.81 bits per heavy atom. The second kappa shape index (κ2) is 6.93. The number of nitrogens with one attached hydrogen (secondary N) is 1. The summed E-state index contributed by atoms with van der Waals surface area (Å²) in [5.41, 5.74) is 0.173. The Bertz CT molecular complexity index is 440. The van der Waals surface area contributed by atoms with Gasteiger partial charge in [0, 0.05) is 25.0 Å². The van der Waals surface area contributed by atoms with Gasteiger partial charge in [0.1, 0.15) is 5.82 Å². The van der Waals surface area contributed by atoms with Crippen molar-refractivity contribution in [2.45, 2.75) is 57.5 Å². The van der Waals surface area contributed by atoms with Crippen molar-refractivity contribution >= 4 is 0 Å². The van der Waals surface area contributed by atoms with Crippen molar-refractivity contribution < 1.29 is 0 Å². The van der Waals surface area contributed by atoms with E-state index < -0.39 is 0 Å². The quantitative estimate of drug-likeness (QED) is 0.875. The molecule has 21 heavy (non-hydrogen) atoms. The molecule has 1 fully saturated rings. The highest BCUT2D eigenvalue weighted by Gasteiger charge is 2.45. The Balaban J connectivity index is 2.38. The van der Waals surface area contributed by atoms with Gasteiger partial charge >= 0.3 is 0 Å². The van der Waals surface area contributed by atoms with Crippen LogP contribution in [0.25, 0.3) is 0 Å². The summed E-state index contributed by atoms with van der Waals surface area (Å²) in [5, 5.41) is 3.80. The predicted octanol–water partition coefficient (Wildman–Crippen LogP) is 2.97. The fourth-order valence-electron chi connectivity index (χ4n) is 3.96. The molecule has 1 heterocycles. The molecular formula is C17H32N4. The monoisotopic (exact) mass is 292 g/mol. The number of hydrogen-bond donors (Lipinski definition) is 1. The minimum atomic E-state index is 0.173. The van der Waals surface area contributed by atoms with E-state index in [1.54, 1.807) is 0 Å². The topological polar surface area (TPSA) is 33.1 Å². The van der Waals surface area contributed by atoms with E-state index >= 15 is 0 Å². The average Bonchev–Trinajstić information content (AvgIpc) is 2.85. The summed E-state index contributed by atoms with van der Waals surface area (Å²) in [4.78, 5) is 7.12. The number of rotatable bonds is 6. The zero-order valence-electron chi connectivity index (χ0n) is 14.4. The van der Waals surface area contributed by atoms with Crippen LogP contribution >= 0.6 is 0 Å². The van der Waals surface area contributed by atoms with Crippen LogP contribution in [0, 0.1) is 5.92 Å². The number of likely N-dealkylation sites (N-methyl/N-ethyl adjacent to an activating group) is 1. The minimum Gasteiger partial charge on any atom is -0.337 e. The van der Waals surface area contributed by atoms with E-state index in [9.17, 15) is 0 Å². The molecule has 120 valence electrons. The van der Waals surface area contributed by atoms with E-state index in [0.29, 0.717) is 6.04 Å². The van der Waals surface area contributed by atoms with Crippen molar-refractivity contribution in [2.75, 3.05) is 20.6 Å². The molecule has 0 aliphatic heterocycles. The first-order valence-corrected chi connectivity index (χ1v) is 8.39. The first-order chi connectivity index (χ1) is 10.0. The van der Waals surface area contributed by atoms with Crippen LogP contribution in [0.2, 0.25) is 0 Å². The number of aryl methyl sites for hydroxylation is 1. The fourth-order valence-corrected chi connectivity index (χ4v) is 3.96. The van der Waals surface area contributed by atoms with Gasteiger partial charge < -0.3 is 14.8 Å². The summed E-state index contributed by atoms with van der Waals surface area (Å²) in [6.45, 7) is 5.67. The highest BCUT2D eigenvalue weighted by Crippen LogP contribution is 2.43. The smallest absolute Gasteiger partial charge is 0.127 e. The lowest BCUT2D eigenvalue weighted by molar-refractivity contribution is 0.0328. The minimum absolute atomic E-state index is 0.173. The van der Waals surface area contributed by atoms with Crippen LogP contribution in [0.1, 0.15) is 57.8 Å². The normalized spacial score (nSPS) is 28.0. The molecule has 4 nitrogen and oxygen atoms in total. The van der Waals surface area contributed by atoms with Crippen molar-refractivity contribution in [3.63, 3.8) is 0 Å². The van der Waals surface area contributed by atoms with Crippen LogP contribution < -0.4 is 5.32 Å². The molecule has 1 aliphatic rings. The SMILES string of the molecule is CCCNC(c1nccn1C)C1(N(C)C)CCCC(C)C1. The molecule has 3 unspecified atom stereocenters. The Labute approximate surface area is 129 Å². The molecule has 2 rings (SSSR count). The maximum absolute atomic E-state index is 4.67. The Hall–Kier alpha value is -0.870. The maximum atomic E-state index is 4.67. The molecule has 4 heteroatoms. The molecule has 1 aliphatic carbocycles. The van der Waals surface area contributed by atoms with Crippen LogP contribution in [-0.4, -0.2) is 40.6 Å². The van der Waals surface area contributed by atoms with Crippen molar-refractivity contribution in [2.24, 2.45) is 13.0 Å². The lowest BCUT2D eigenvalue weighted by atomic mass is 9.71. The largest absolute Gasteiger partial charge is 0.337 e. The molecule has 0 radical (unpaired) electrons. The van der Waals surface area contributed by atoms with Crippen molar-refractivity contribution in [1.29, 1.82) is 0 Å². The average molecular weight is 292 g/mol. The van der Waals surface area contributed by atoms with Gasteiger partial charge in [-0.05, 0) is 45.8 Å². The zero-order chi connectivity index (χ0) is 15.5. The van der Waals surface area contributed by atoms with E-state index in [0.717, 1.165) is 18.9 Å². The Morgan fingerprint density at radius 2 is 2.29 bits per heavy atom. The van der Waals surface area contributed by atoms with Gasteiger partial charge in [0.15, 0.2) is 0 Å². The molecule has 0 bridgehead atoms. The molecular weight excluding hydrogens is 260 g/mol. The summed E-state index contributed by atoms with van der Waals surface area (Å²) in [6, 6.07) is 0.301. The van der Waals surface area contributed by atoms with Crippen molar-refractivity contribution in [3.8, 4) is 0 Å². The van der Waals surface area contributed by atoms with Crippen molar-refractivity contribution in [1.82, 2.24) is 19.8 Å². The molecule has 0 spiro atoms. The highest BCUT2D eigenvalue weighted by molar-refractivity contribution is 5.12. The van der Waals surface area contributed by atoms with Crippen LogP contribution in [-0.2, 0) is 7.05 Å². The fraction of sp³-hybridized carbons (Fsp3) is 0.824. The number of hydrogen-bond acceptors (Lipinski definition) is 3. The predicted molar refractivity (Wildman–Crippen MR) is 88.3 cm³/mol. The molecule has 0 saturated heterocycles. The van der Waals surface area contributed by atoms with Crippen LogP contribution in [0.5, 0.6) is 0 Å². The third-order valence-electron chi connectivity index (χ3n) is 5.15. The summed E-state index contributed by atoms with van der Waals surface area (Å²) in [7, 11) is 6.59. The number of imidazole rings is 1. The van der Waals surface area contributed by atoms with Crippen LogP contribution in [0.3, 0.4) is 0 Å². The van der Waals surface area contributed by atoms with E-state index in [2.05, 4.69) is 61.0 Å². The van der Waals surface area contributed by atoms with Gasteiger partial charge in [0.2, 0.25) is 0 Å². The number of nitrogens with zero attached hydrogens (tertiary/aromatic N) is 3. The van der Waals surface area contributed by atoms with Crippen LogP contribution in [0.4, 0.5) is 0 Å². The summed E-state index contributed by atoms with van der Waals surface area (Å²) >= 11 is 0. The van der Waals surface area contributed by atoms with Crippen LogP contribution in [0.15, 0.2) is 12.4 Å². The van der Waals surface area contributed by atoms with Gasteiger partial charge in [0.25, 0.3) is 0 Å². The third-order valence-corrected chi connectivity index (χ3v) is 5.15. The first-order valence-electron chi connectivity index (χ1n) is 8.39. The Morgan fingerprint density at radius 1 is 1.52 bits per heavy atom. The van der Waals surface area contributed by atoms with E-state index in [4.69, 9.17) is 0 Å². The van der Waals surface area contributed by atoms with Gasteiger partial charge in [-0.3, -0.25) is 0 Å². The first kappa shape index (κ1) is 16.5. The maximum Gasteiger partial charge on any atom is 0.127 e. The Kier molecular flexibility index (Phi) is 5.44. The van der Waals surface area contributed by atoms with Gasteiger partial charge in [-0.1, -0.05) is 26.7 Å². The van der Waals surface area contributed by atoms with Crippen molar-refractivity contribution in [3.05, 3.63) is 18.2 Å². The summed E-state index contributed by atoms with van der Waals surface area (Å²) in [5.74, 6) is 1.96. The molecule has 1 saturated carbocycles. The molecule has 1 N–H and O–H groups in total. The zero-order valence-corrected chi connectivity index (χ0v) is 14.4. The van der Waals surface area contributed by atoms with Gasteiger partial charge in [-0.15, -0.1) is 0 Å². The standard InChI is InChI=1S/C17H32N4/c1-6-10-18-15(16-19-11-12-21(16)5)17(20(3)4)9-7-8-14(2)13-17/h11-12,14-15,18H,6-10,13H2,1-5H3. The van der Waals surface area contributed by atoms with E-state index in [1.165, 1.54) is 31.5 Å². The molecule has 1 aromatic rings. The molecule has 0 amide bonds. The lowest BCUT2D eigenvalue weighted by Crippen LogP contribution is -2.56. The number of aromatic nitrogens is 2. The third kappa shape index (κ3) is 3.32. The second-order valence-electron chi connectivity index (χ2n) is 6.98. The highest BCUT2D eigenvalue weighted by atomic mass is 15.2. The summed E-state index contributed by atoms with van der Waals surface area (Å²) < 4.78 is 2.18. The summed E-state index contributed by atoms with van der Waals surface area (Å²) in [6.07, 6.45) is 10.3. The van der Waals surface area contributed by atoms with Gasteiger partial charge in [-0.2, -0.15) is 0 Å².